The zero-order valence-corrected chi connectivity index (χ0v) is 11.7. The van der Waals surface area contributed by atoms with E-state index in [2.05, 4.69) is 22.4 Å². The van der Waals surface area contributed by atoms with E-state index in [1.807, 2.05) is 0 Å². The molecule has 1 heterocycles. The summed E-state index contributed by atoms with van der Waals surface area (Å²) in [7, 11) is 0. The Bertz CT molecular complexity index is 516. The van der Waals surface area contributed by atoms with E-state index in [4.69, 9.17) is 14.6 Å². The number of aliphatic imine (C=N–C) groups is 1. The van der Waals surface area contributed by atoms with Crippen LogP contribution in [0.15, 0.2) is 29.3 Å². The van der Waals surface area contributed by atoms with E-state index in [-0.39, 0.29) is 0 Å². The predicted molar refractivity (Wildman–Crippen MR) is 75.5 cm³/mol. The van der Waals surface area contributed by atoms with Crippen molar-refractivity contribution in [3.8, 4) is 5.75 Å². The summed E-state index contributed by atoms with van der Waals surface area (Å²) in [5.74, 6) is 0.364. The fourth-order valence-electron chi connectivity index (χ4n) is 1.95. The quantitative estimate of drug-likeness (QED) is 0.442. The van der Waals surface area contributed by atoms with Crippen LogP contribution in [0.1, 0.15) is 0 Å². The Hall–Kier alpha value is -1.38. The SMILES string of the molecule is OC[C@H]1O[C@H](Oc2ccc(N=C=S)cc2)[C@H](O)[C@@H](O)[C@@H]1O. The minimum atomic E-state index is -1.47. The van der Waals surface area contributed by atoms with Crippen molar-refractivity contribution in [2.75, 3.05) is 6.61 Å². The second-order valence-corrected chi connectivity index (χ2v) is 4.69. The molecule has 8 heteroatoms. The van der Waals surface area contributed by atoms with Crippen LogP contribution in [0.25, 0.3) is 0 Å². The Labute approximate surface area is 126 Å². The Morgan fingerprint density at radius 3 is 2.38 bits per heavy atom. The van der Waals surface area contributed by atoms with E-state index in [9.17, 15) is 15.3 Å². The van der Waals surface area contributed by atoms with Gasteiger partial charge in [-0.25, -0.2) is 0 Å². The molecular weight excluding hydrogens is 298 g/mol. The number of ether oxygens (including phenoxy) is 2. The van der Waals surface area contributed by atoms with Gasteiger partial charge in [-0.1, -0.05) is 0 Å². The van der Waals surface area contributed by atoms with Gasteiger partial charge in [-0.05, 0) is 36.5 Å². The first kappa shape index (κ1) is 16.0. The summed E-state index contributed by atoms with van der Waals surface area (Å²) >= 11 is 4.49. The second kappa shape index (κ2) is 7.06. The third-order valence-corrected chi connectivity index (χ3v) is 3.20. The number of nitrogens with zero attached hydrogens (tertiary/aromatic N) is 1. The Morgan fingerprint density at radius 2 is 1.81 bits per heavy atom. The molecule has 0 radical (unpaired) electrons. The molecular formula is C13H15NO6S. The minimum Gasteiger partial charge on any atom is -0.462 e. The van der Waals surface area contributed by atoms with Crippen molar-refractivity contribution in [1.29, 1.82) is 0 Å². The van der Waals surface area contributed by atoms with E-state index in [1.165, 1.54) is 0 Å². The topological polar surface area (TPSA) is 112 Å². The van der Waals surface area contributed by atoms with Crippen molar-refractivity contribution >= 4 is 23.1 Å². The predicted octanol–water partition coefficient (Wildman–Crippen LogP) is -0.400. The van der Waals surface area contributed by atoms with E-state index in [0.717, 1.165) is 0 Å². The van der Waals surface area contributed by atoms with Gasteiger partial charge >= 0.3 is 0 Å². The Balaban J connectivity index is 2.08. The van der Waals surface area contributed by atoms with Gasteiger partial charge in [0.15, 0.2) is 0 Å². The molecule has 1 aromatic carbocycles. The van der Waals surface area contributed by atoms with Gasteiger partial charge in [0.25, 0.3) is 0 Å². The van der Waals surface area contributed by atoms with Crippen molar-refractivity contribution in [3.63, 3.8) is 0 Å². The Morgan fingerprint density at radius 1 is 1.14 bits per heavy atom. The summed E-state index contributed by atoms with van der Waals surface area (Å²) < 4.78 is 10.6. The van der Waals surface area contributed by atoms with Gasteiger partial charge in [0, 0.05) is 0 Å². The molecule has 0 aliphatic carbocycles. The monoisotopic (exact) mass is 313 g/mol. The highest BCUT2D eigenvalue weighted by atomic mass is 32.1. The standard InChI is InChI=1S/C13H15NO6S/c15-5-9-10(16)11(17)12(18)13(20-9)19-8-3-1-7(2-4-8)14-6-21/h1-4,9-13,15-18H,5H2/t9-,10-,11+,12-,13+/m1/s1. The molecule has 1 aliphatic rings. The zero-order chi connectivity index (χ0) is 15.4. The molecule has 1 fully saturated rings. The van der Waals surface area contributed by atoms with Gasteiger partial charge in [-0.3, -0.25) is 0 Å². The molecule has 0 aromatic heterocycles. The van der Waals surface area contributed by atoms with Crippen molar-refractivity contribution in [2.24, 2.45) is 4.99 Å². The molecule has 2 rings (SSSR count). The molecule has 1 saturated heterocycles. The summed E-state index contributed by atoms with van der Waals surface area (Å²) in [5, 5.41) is 40.5. The second-order valence-electron chi connectivity index (χ2n) is 4.51. The molecule has 0 amide bonds. The normalized spacial score (nSPS) is 32.3. The lowest BCUT2D eigenvalue weighted by atomic mass is 9.99. The van der Waals surface area contributed by atoms with Crippen molar-refractivity contribution in [2.45, 2.75) is 30.7 Å². The van der Waals surface area contributed by atoms with E-state index in [0.29, 0.717) is 11.4 Å². The molecule has 5 atom stereocenters. The number of rotatable bonds is 4. The number of hydrogen-bond acceptors (Lipinski definition) is 8. The van der Waals surface area contributed by atoms with Crippen LogP contribution in [0.2, 0.25) is 0 Å². The van der Waals surface area contributed by atoms with Crippen LogP contribution in [0.3, 0.4) is 0 Å². The maximum absolute atomic E-state index is 9.84. The van der Waals surface area contributed by atoms with Crippen LogP contribution in [0, 0.1) is 0 Å². The summed E-state index contributed by atoms with van der Waals surface area (Å²) in [6.07, 6.45) is -6.54. The molecule has 0 bridgehead atoms. The third-order valence-electron chi connectivity index (χ3n) is 3.11. The van der Waals surface area contributed by atoms with Crippen LogP contribution in [-0.2, 0) is 4.74 Å². The molecule has 1 aromatic rings. The highest BCUT2D eigenvalue weighted by Gasteiger charge is 2.44. The first-order valence-electron chi connectivity index (χ1n) is 6.22. The van der Waals surface area contributed by atoms with E-state index in [1.54, 1.807) is 24.3 Å². The van der Waals surface area contributed by atoms with Gasteiger partial charge in [-0.2, -0.15) is 4.99 Å². The summed E-state index contributed by atoms with van der Waals surface area (Å²) in [6.45, 7) is -0.507. The zero-order valence-electron chi connectivity index (χ0n) is 10.9. The smallest absolute Gasteiger partial charge is 0.229 e. The van der Waals surface area contributed by atoms with Gasteiger partial charge in [0.1, 0.15) is 30.2 Å². The largest absolute Gasteiger partial charge is 0.462 e. The van der Waals surface area contributed by atoms with Gasteiger partial charge in [0.2, 0.25) is 6.29 Å². The number of hydrogen-bond donors (Lipinski definition) is 4. The number of aliphatic hydroxyl groups excluding tert-OH is 4. The fraction of sp³-hybridized carbons (Fsp3) is 0.462. The lowest BCUT2D eigenvalue weighted by Gasteiger charge is -2.39. The van der Waals surface area contributed by atoms with Gasteiger partial charge in [0.05, 0.1) is 17.5 Å². The van der Waals surface area contributed by atoms with Gasteiger partial charge in [-0.15, -0.1) is 0 Å². The van der Waals surface area contributed by atoms with Crippen LogP contribution in [-0.4, -0.2) is 62.9 Å². The van der Waals surface area contributed by atoms with E-state index < -0.39 is 37.3 Å². The minimum absolute atomic E-state index is 0.364. The first-order valence-corrected chi connectivity index (χ1v) is 6.62. The highest BCUT2D eigenvalue weighted by molar-refractivity contribution is 7.78. The lowest BCUT2D eigenvalue weighted by Crippen LogP contribution is -2.60. The van der Waals surface area contributed by atoms with Gasteiger partial charge < -0.3 is 29.9 Å². The van der Waals surface area contributed by atoms with Crippen molar-refractivity contribution in [3.05, 3.63) is 24.3 Å². The molecule has 0 spiro atoms. The van der Waals surface area contributed by atoms with E-state index >= 15 is 0 Å². The maximum Gasteiger partial charge on any atom is 0.229 e. The average molecular weight is 313 g/mol. The molecule has 0 saturated carbocycles. The number of benzene rings is 1. The lowest BCUT2D eigenvalue weighted by molar-refractivity contribution is -0.277. The Kier molecular flexibility index (Phi) is 5.38. The summed E-state index contributed by atoms with van der Waals surface area (Å²) in [5.41, 5.74) is 0.589. The van der Waals surface area contributed by atoms with Crippen molar-refractivity contribution < 1.29 is 29.9 Å². The number of aliphatic hydroxyl groups is 4. The highest BCUT2D eigenvalue weighted by Crippen LogP contribution is 2.25. The summed E-state index contributed by atoms with van der Waals surface area (Å²) in [6, 6.07) is 6.40. The van der Waals surface area contributed by atoms with Crippen LogP contribution < -0.4 is 4.74 Å². The molecule has 114 valence electrons. The molecule has 7 nitrogen and oxygen atoms in total. The average Bonchev–Trinajstić information content (AvgIpc) is 2.50. The molecule has 0 unspecified atom stereocenters. The van der Waals surface area contributed by atoms with Crippen LogP contribution in [0.5, 0.6) is 5.75 Å². The van der Waals surface area contributed by atoms with Crippen LogP contribution in [0.4, 0.5) is 5.69 Å². The number of thiocarbonyl (C=S) groups is 1. The fourth-order valence-corrected chi connectivity index (χ4v) is 2.06. The molecule has 4 N–H and O–H groups in total. The summed E-state index contributed by atoms with van der Waals surface area (Å²) in [4.78, 5) is 3.78. The van der Waals surface area contributed by atoms with Crippen molar-refractivity contribution in [1.82, 2.24) is 0 Å². The maximum atomic E-state index is 9.84. The third kappa shape index (κ3) is 3.63. The first-order chi connectivity index (χ1) is 10.1. The van der Waals surface area contributed by atoms with Crippen LogP contribution >= 0.6 is 12.2 Å². The number of isothiocyanates is 1. The molecule has 1 aliphatic heterocycles. The molecule has 21 heavy (non-hydrogen) atoms.